The van der Waals surface area contributed by atoms with Crippen LogP contribution in [0.4, 0.5) is 4.79 Å². The molecule has 26 heavy (non-hydrogen) atoms. The Bertz CT molecular complexity index is 852. The monoisotopic (exact) mass is 350 g/mol. The van der Waals surface area contributed by atoms with E-state index in [-0.39, 0.29) is 5.41 Å². The molecule has 3 aromatic carbocycles. The molecule has 0 amide bonds. The lowest BCUT2D eigenvalue weighted by atomic mass is 9.75. The van der Waals surface area contributed by atoms with Crippen molar-refractivity contribution in [3.8, 4) is 16.9 Å². The lowest BCUT2D eigenvalue weighted by molar-refractivity contribution is 0.137. The lowest BCUT2D eigenvalue weighted by Gasteiger charge is -2.29. The molecule has 0 unspecified atom stereocenters. The molecule has 0 spiro atoms. The van der Waals surface area contributed by atoms with Crippen molar-refractivity contribution in [3.63, 3.8) is 0 Å². The Morgan fingerprint density at radius 1 is 0.769 bits per heavy atom. The third-order valence-electron chi connectivity index (χ3n) is 4.27. The first kappa shape index (κ1) is 19.1. The number of aromatic hydroxyl groups is 1. The number of carboxylic acid groups (broad SMARTS) is 2. The first-order valence-corrected chi connectivity index (χ1v) is 8.19. The zero-order valence-corrected chi connectivity index (χ0v) is 14.8. The van der Waals surface area contributed by atoms with Gasteiger partial charge in [-0.1, -0.05) is 86.6 Å². The highest BCUT2D eigenvalue weighted by molar-refractivity contribution is 5.75. The van der Waals surface area contributed by atoms with Crippen molar-refractivity contribution < 1.29 is 20.1 Å². The van der Waals surface area contributed by atoms with Crippen LogP contribution in [0.15, 0.2) is 78.9 Å². The van der Waals surface area contributed by atoms with E-state index in [1.165, 1.54) is 5.56 Å². The summed E-state index contributed by atoms with van der Waals surface area (Å²) in [5.74, 6) is 0.327. The van der Waals surface area contributed by atoms with Crippen LogP contribution >= 0.6 is 0 Å². The molecule has 0 aromatic heterocycles. The number of phenols is 1. The van der Waals surface area contributed by atoms with Crippen LogP contribution in [0.25, 0.3) is 11.1 Å². The first-order valence-electron chi connectivity index (χ1n) is 8.19. The summed E-state index contributed by atoms with van der Waals surface area (Å²) >= 11 is 0. The summed E-state index contributed by atoms with van der Waals surface area (Å²) in [6, 6.07) is 26.3. The van der Waals surface area contributed by atoms with E-state index in [2.05, 4.69) is 44.2 Å². The summed E-state index contributed by atoms with van der Waals surface area (Å²) in [7, 11) is 0. The van der Waals surface area contributed by atoms with Crippen LogP contribution in [0.2, 0.25) is 0 Å². The molecule has 0 aliphatic carbocycles. The van der Waals surface area contributed by atoms with E-state index in [9.17, 15) is 5.11 Å². The largest absolute Gasteiger partial charge is 0.507 e. The van der Waals surface area contributed by atoms with Gasteiger partial charge in [-0.3, -0.25) is 0 Å². The fraction of sp³-hybridized carbons (Fsp3) is 0.136. The van der Waals surface area contributed by atoms with Gasteiger partial charge in [0.1, 0.15) is 5.75 Å². The second-order valence-electron chi connectivity index (χ2n) is 6.34. The normalized spacial score (nSPS) is 10.5. The van der Waals surface area contributed by atoms with Gasteiger partial charge in [-0.05, 0) is 22.8 Å². The molecule has 0 heterocycles. The van der Waals surface area contributed by atoms with Gasteiger partial charge in [0.25, 0.3) is 0 Å². The standard InChI is InChI=1S/C21H20O.CH2O3/c1-21(2,17-12-7-4-8-13-17)18-14-9-15-19(22)20(18)16-10-5-3-6-11-16;2-1(3)4/h3-15,22H,1-2H3;(H2,2,3,4). The Hall–Kier alpha value is -3.27. The zero-order chi connectivity index (χ0) is 19.2. The fourth-order valence-electron chi connectivity index (χ4n) is 2.98. The van der Waals surface area contributed by atoms with E-state index in [0.29, 0.717) is 5.75 Å². The SMILES string of the molecule is CC(C)(c1ccccc1)c1cccc(O)c1-c1ccccc1.O=C(O)O. The predicted molar refractivity (Wildman–Crippen MR) is 103 cm³/mol. The first-order chi connectivity index (χ1) is 12.3. The fourth-order valence-corrected chi connectivity index (χ4v) is 2.98. The Balaban J connectivity index is 0.000000552. The third-order valence-corrected chi connectivity index (χ3v) is 4.27. The highest BCUT2D eigenvalue weighted by Crippen LogP contribution is 2.41. The van der Waals surface area contributed by atoms with Crippen LogP contribution in [0.1, 0.15) is 25.0 Å². The summed E-state index contributed by atoms with van der Waals surface area (Å²) in [5, 5.41) is 24.4. The van der Waals surface area contributed by atoms with Crippen LogP contribution in [-0.4, -0.2) is 21.5 Å². The predicted octanol–water partition coefficient (Wildman–Crippen LogP) is 5.61. The van der Waals surface area contributed by atoms with Gasteiger partial charge in [-0.2, -0.15) is 0 Å². The summed E-state index contributed by atoms with van der Waals surface area (Å²) in [6.07, 6.45) is -1.83. The van der Waals surface area contributed by atoms with Gasteiger partial charge < -0.3 is 15.3 Å². The van der Waals surface area contributed by atoms with E-state index in [1.54, 1.807) is 6.07 Å². The van der Waals surface area contributed by atoms with E-state index < -0.39 is 6.16 Å². The Morgan fingerprint density at radius 3 is 1.81 bits per heavy atom. The third kappa shape index (κ3) is 4.42. The molecule has 0 bridgehead atoms. The van der Waals surface area contributed by atoms with Crippen molar-refractivity contribution in [1.29, 1.82) is 0 Å². The molecule has 0 fully saturated rings. The van der Waals surface area contributed by atoms with Crippen molar-refractivity contribution in [2.75, 3.05) is 0 Å². The molecule has 3 rings (SSSR count). The van der Waals surface area contributed by atoms with Gasteiger partial charge in [0.15, 0.2) is 0 Å². The number of hydrogen-bond acceptors (Lipinski definition) is 2. The van der Waals surface area contributed by atoms with Crippen molar-refractivity contribution in [2.45, 2.75) is 19.3 Å². The van der Waals surface area contributed by atoms with Crippen LogP contribution in [0.5, 0.6) is 5.75 Å². The van der Waals surface area contributed by atoms with Gasteiger partial charge in [0.2, 0.25) is 0 Å². The smallest absolute Gasteiger partial charge is 0.503 e. The van der Waals surface area contributed by atoms with Crippen LogP contribution in [-0.2, 0) is 5.41 Å². The molecule has 0 atom stereocenters. The minimum absolute atomic E-state index is 0.189. The molecular weight excluding hydrogens is 328 g/mol. The van der Waals surface area contributed by atoms with Crippen molar-refractivity contribution in [1.82, 2.24) is 0 Å². The number of carbonyl (C=O) groups is 1. The van der Waals surface area contributed by atoms with Gasteiger partial charge >= 0.3 is 6.16 Å². The maximum absolute atomic E-state index is 10.5. The molecule has 4 nitrogen and oxygen atoms in total. The average molecular weight is 350 g/mol. The average Bonchev–Trinajstić information content (AvgIpc) is 2.62. The second kappa shape index (κ2) is 8.21. The van der Waals surface area contributed by atoms with Crippen molar-refractivity contribution >= 4 is 6.16 Å². The summed E-state index contributed by atoms with van der Waals surface area (Å²) in [6.45, 7) is 4.40. The topological polar surface area (TPSA) is 77.8 Å². The van der Waals surface area contributed by atoms with E-state index in [4.69, 9.17) is 15.0 Å². The van der Waals surface area contributed by atoms with Gasteiger partial charge in [0, 0.05) is 11.0 Å². The van der Waals surface area contributed by atoms with E-state index in [1.807, 2.05) is 42.5 Å². The molecular formula is C22H22O4. The summed E-state index contributed by atoms with van der Waals surface area (Å²) in [4.78, 5) is 8.56. The Labute approximate surface area is 153 Å². The molecule has 134 valence electrons. The number of rotatable bonds is 3. The quantitative estimate of drug-likeness (QED) is 0.574. The molecule has 4 heteroatoms. The zero-order valence-electron chi connectivity index (χ0n) is 14.8. The van der Waals surface area contributed by atoms with Gasteiger partial charge in [-0.15, -0.1) is 0 Å². The van der Waals surface area contributed by atoms with Crippen LogP contribution < -0.4 is 0 Å². The molecule has 0 saturated carbocycles. The van der Waals surface area contributed by atoms with Crippen LogP contribution in [0, 0.1) is 0 Å². The van der Waals surface area contributed by atoms with Gasteiger partial charge in [-0.25, -0.2) is 4.79 Å². The number of hydrogen-bond donors (Lipinski definition) is 3. The minimum atomic E-state index is -1.83. The number of benzene rings is 3. The lowest BCUT2D eigenvalue weighted by Crippen LogP contribution is -2.20. The maximum Gasteiger partial charge on any atom is 0.503 e. The summed E-state index contributed by atoms with van der Waals surface area (Å²) < 4.78 is 0. The summed E-state index contributed by atoms with van der Waals surface area (Å²) in [5.41, 5.74) is 4.13. The maximum atomic E-state index is 10.5. The molecule has 0 aliphatic rings. The van der Waals surface area contributed by atoms with Crippen molar-refractivity contribution in [2.24, 2.45) is 0 Å². The van der Waals surface area contributed by atoms with Crippen LogP contribution in [0.3, 0.4) is 0 Å². The molecule has 0 aliphatic heterocycles. The van der Waals surface area contributed by atoms with Gasteiger partial charge in [0.05, 0.1) is 0 Å². The highest BCUT2D eigenvalue weighted by atomic mass is 16.6. The second-order valence-corrected chi connectivity index (χ2v) is 6.34. The van der Waals surface area contributed by atoms with E-state index >= 15 is 0 Å². The molecule has 0 saturated heterocycles. The molecule has 0 radical (unpaired) electrons. The van der Waals surface area contributed by atoms with Crippen molar-refractivity contribution in [3.05, 3.63) is 90.0 Å². The Morgan fingerprint density at radius 2 is 1.27 bits per heavy atom. The molecule has 3 N–H and O–H groups in total. The van der Waals surface area contributed by atoms with E-state index in [0.717, 1.165) is 16.7 Å². The molecule has 3 aromatic rings. The minimum Gasteiger partial charge on any atom is -0.507 e. The number of phenolic OH excluding ortho intramolecular Hbond substituents is 1. The Kier molecular flexibility index (Phi) is 6.02. The highest BCUT2D eigenvalue weighted by Gasteiger charge is 2.27.